The van der Waals surface area contributed by atoms with Crippen molar-refractivity contribution in [2.45, 2.75) is 46.1 Å². The molecule has 3 nitrogen and oxygen atoms in total. The number of benzene rings is 1. The van der Waals surface area contributed by atoms with Crippen LogP contribution in [0.3, 0.4) is 0 Å². The second-order valence-corrected chi connectivity index (χ2v) is 6.71. The lowest BCUT2D eigenvalue weighted by molar-refractivity contribution is 0.175. The summed E-state index contributed by atoms with van der Waals surface area (Å²) in [5, 5.41) is 0. The van der Waals surface area contributed by atoms with Crippen molar-refractivity contribution < 1.29 is 0 Å². The Morgan fingerprint density at radius 2 is 1.70 bits per heavy atom. The number of nitrogens with one attached hydrogen (secondary N) is 1. The van der Waals surface area contributed by atoms with E-state index in [0.717, 1.165) is 22.4 Å². The molecule has 1 N–H and O–H groups in total. The van der Waals surface area contributed by atoms with Crippen molar-refractivity contribution in [1.82, 2.24) is 9.88 Å². The molecule has 3 heteroatoms. The number of nitrogens with zero attached hydrogens (tertiary/aromatic N) is 1. The maximum atomic E-state index is 12.2. The van der Waals surface area contributed by atoms with Crippen molar-refractivity contribution in [2.75, 3.05) is 13.1 Å². The zero-order valence-corrected chi connectivity index (χ0v) is 14.4. The summed E-state index contributed by atoms with van der Waals surface area (Å²) in [7, 11) is 0. The van der Waals surface area contributed by atoms with Gasteiger partial charge in [0.05, 0.1) is 0 Å². The predicted octanol–water partition coefficient (Wildman–Crippen LogP) is 4.21. The Morgan fingerprint density at radius 3 is 2.35 bits per heavy atom. The van der Waals surface area contributed by atoms with E-state index in [2.05, 4.69) is 41.1 Å². The minimum atomic E-state index is -0.00933. The number of aromatic amines is 1. The Morgan fingerprint density at radius 1 is 1.04 bits per heavy atom. The molecular weight excluding hydrogens is 284 g/mol. The molecule has 0 bridgehead atoms. The fourth-order valence-electron chi connectivity index (χ4n) is 3.40. The zero-order chi connectivity index (χ0) is 16.4. The molecule has 0 aliphatic carbocycles. The zero-order valence-electron chi connectivity index (χ0n) is 14.4. The van der Waals surface area contributed by atoms with E-state index >= 15 is 0 Å². The van der Waals surface area contributed by atoms with Gasteiger partial charge in [0.1, 0.15) is 0 Å². The van der Waals surface area contributed by atoms with Gasteiger partial charge in [-0.1, -0.05) is 30.7 Å². The first-order valence-electron chi connectivity index (χ1n) is 8.61. The Kier molecular flexibility index (Phi) is 4.67. The van der Waals surface area contributed by atoms with Gasteiger partial charge in [0.2, 0.25) is 0 Å². The average Bonchev–Trinajstić information content (AvgIpc) is 2.58. The van der Waals surface area contributed by atoms with E-state index in [0.29, 0.717) is 6.04 Å². The second-order valence-electron chi connectivity index (χ2n) is 6.71. The van der Waals surface area contributed by atoms with Crippen molar-refractivity contribution in [3.63, 3.8) is 0 Å². The lowest BCUT2D eigenvalue weighted by Gasteiger charge is -2.32. The highest BCUT2D eigenvalue weighted by molar-refractivity contribution is 5.63. The summed E-state index contributed by atoms with van der Waals surface area (Å²) in [6.45, 7) is 8.63. The van der Waals surface area contributed by atoms with E-state index in [9.17, 15) is 4.79 Å². The Balaban J connectivity index is 1.84. The van der Waals surface area contributed by atoms with Crippen molar-refractivity contribution >= 4 is 0 Å². The van der Waals surface area contributed by atoms with Crippen LogP contribution in [0.4, 0.5) is 0 Å². The number of hydrogen-bond acceptors (Lipinski definition) is 2. The summed E-state index contributed by atoms with van der Waals surface area (Å²) in [4.78, 5) is 17.7. The molecule has 2 aromatic rings. The molecule has 1 aromatic carbocycles. The number of aromatic nitrogens is 1. The summed E-state index contributed by atoms with van der Waals surface area (Å²) < 4.78 is 0. The van der Waals surface area contributed by atoms with Crippen LogP contribution in [0.2, 0.25) is 0 Å². The monoisotopic (exact) mass is 310 g/mol. The first kappa shape index (κ1) is 16.0. The number of rotatable bonds is 3. The molecule has 1 saturated heterocycles. The molecule has 0 radical (unpaired) electrons. The summed E-state index contributed by atoms with van der Waals surface area (Å²) in [5.74, 6) is 0. The molecule has 2 heterocycles. The van der Waals surface area contributed by atoms with Gasteiger partial charge < -0.3 is 4.98 Å². The Bertz CT molecular complexity index is 724. The van der Waals surface area contributed by atoms with Crippen molar-refractivity contribution in [3.8, 4) is 11.1 Å². The van der Waals surface area contributed by atoms with Crippen molar-refractivity contribution in [2.24, 2.45) is 0 Å². The maximum Gasteiger partial charge on any atom is 0.256 e. The van der Waals surface area contributed by atoms with E-state index in [1.165, 1.54) is 37.9 Å². The summed E-state index contributed by atoms with van der Waals surface area (Å²) in [6.07, 6.45) is 3.97. The van der Waals surface area contributed by atoms with Crippen LogP contribution in [-0.2, 0) is 0 Å². The minimum Gasteiger partial charge on any atom is -0.326 e. The third kappa shape index (κ3) is 3.40. The van der Waals surface area contributed by atoms with Gasteiger partial charge in [-0.05, 0) is 69.5 Å². The average molecular weight is 310 g/mol. The van der Waals surface area contributed by atoms with Crippen LogP contribution < -0.4 is 5.56 Å². The molecule has 1 aliphatic heterocycles. The molecule has 0 saturated carbocycles. The number of likely N-dealkylation sites (tertiary alicyclic amines) is 1. The van der Waals surface area contributed by atoms with Gasteiger partial charge in [-0.25, -0.2) is 0 Å². The summed E-state index contributed by atoms with van der Waals surface area (Å²) in [5.41, 5.74) is 5.12. The molecule has 0 spiro atoms. The Labute approximate surface area is 138 Å². The van der Waals surface area contributed by atoms with E-state index in [4.69, 9.17) is 0 Å². The molecule has 0 amide bonds. The standard InChI is InChI=1S/C20H26N2O/c1-14-13-19(20(23)21-15(14)2)18-9-7-17(8-10-18)16(3)22-11-5-4-6-12-22/h7-10,13,16H,4-6,11-12H2,1-3H3,(H,21,23)/t16-/m1/s1. The fourth-order valence-corrected chi connectivity index (χ4v) is 3.40. The van der Waals surface area contributed by atoms with Crippen LogP contribution in [0.15, 0.2) is 35.1 Å². The SMILES string of the molecule is Cc1cc(-c2ccc([C@@H](C)N3CCCCC3)cc2)c(=O)[nH]c1C. The predicted molar refractivity (Wildman–Crippen MR) is 95.8 cm³/mol. The first-order chi connectivity index (χ1) is 11.1. The molecule has 1 atom stereocenters. The van der Waals surface area contributed by atoms with E-state index in [1.54, 1.807) is 0 Å². The van der Waals surface area contributed by atoms with E-state index < -0.39 is 0 Å². The fraction of sp³-hybridized carbons (Fsp3) is 0.450. The van der Waals surface area contributed by atoms with Crippen molar-refractivity contribution in [1.29, 1.82) is 0 Å². The molecule has 1 fully saturated rings. The minimum absolute atomic E-state index is 0.00933. The molecule has 0 unspecified atom stereocenters. The van der Waals surface area contributed by atoms with Crippen LogP contribution in [0.5, 0.6) is 0 Å². The number of aryl methyl sites for hydroxylation is 2. The van der Waals surface area contributed by atoms with Gasteiger partial charge in [-0.3, -0.25) is 9.69 Å². The Hall–Kier alpha value is -1.87. The van der Waals surface area contributed by atoms with Crippen LogP contribution in [0.25, 0.3) is 11.1 Å². The molecule has 122 valence electrons. The van der Waals surface area contributed by atoms with Crippen LogP contribution >= 0.6 is 0 Å². The summed E-state index contributed by atoms with van der Waals surface area (Å²) >= 11 is 0. The first-order valence-corrected chi connectivity index (χ1v) is 8.61. The van der Waals surface area contributed by atoms with E-state index in [1.807, 2.05) is 19.9 Å². The van der Waals surface area contributed by atoms with Gasteiger partial charge in [-0.2, -0.15) is 0 Å². The smallest absolute Gasteiger partial charge is 0.256 e. The number of H-pyrrole nitrogens is 1. The molecule has 23 heavy (non-hydrogen) atoms. The number of piperidine rings is 1. The van der Waals surface area contributed by atoms with Gasteiger partial charge in [0.25, 0.3) is 5.56 Å². The van der Waals surface area contributed by atoms with Crippen molar-refractivity contribution in [3.05, 3.63) is 57.5 Å². The highest BCUT2D eigenvalue weighted by Gasteiger charge is 2.18. The van der Waals surface area contributed by atoms with Crippen LogP contribution in [0.1, 0.15) is 49.0 Å². The second kappa shape index (κ2) is 6.71. The lowest BCUT2D eigenvalue weighted by Crippen LogP contribution is -2.32. The van der Waals surface area contributed by atoms with Crippen LogP contribution in [-0.4, -0.2) is 23.0 Å². The molecule has 1 aromatic heterocycles. The van der Waals surface area contributed by atoms with Gasteiger partial charge in [0, 0.05) is 17.3 Å². The van der Waals surface area contributed by atoms with Gasteiger partial charge in [0.15, 0.2) is 0 Å². The third-order valence-corrected chi connectivity index (χ3v) is 5.14. The summed E-state index contributed by atoms with van der Waals surface area (Å²) in [6, 6.07) is 10.9. The van der Waals surface area contributed by atoms with Gasteiger partial charge in [-0.15, -0.1) is 0 Å². The van der Waals surface area contributed by atoms with Crippen LogP contribution in [0, 0.1) is 13.8 Å². The number of pyridine rings is 1. The molecule has 3 rings (SSSR count). The highest BCUT2D eigenvalue weighted by atomic mass is 16.1. The highest BCUT2D eigenvalue weighted by Crippen LogP contribution is 2.26. The normalized spacial score (nSPS) is 17.2. The molecular formula is C20H26N2O. The quantitative estimate of drug-likeness (QED) is 0.922. The maximum absolute atomic E-state index is 12.2. The largest absolute Gasteiger partial charge is 0.326 e. The molecule has 1 aliphatic rings. The third-order valence-electron chi connectivity index (χ3n) is 5.14. The van der Waals surface area contributed by atoms with Gasteiger partial charge >= 0.3 is 0 Å². The van der Waals surface area contributed by atoms with E-state index in [-0.39, 0.29) is 5.56 Å². The lowest BCUT2D eigenvalue weighted by atomic mass is 9.99. The topological polar surface area (TPSA) is 36.1 Å². The number of hydrogen-bond donors (Lipinski definition) is 1.